The second kappa shape index (κ2) is 12.3. The first-order valence-corrected chi connectivity index (χ1v) is 12.9. The number of nitrogens with one attached hydrogen (secondary N) is 1. The van der Waals surface area contributed by atoms with Crippen molar-refractivity contribution in [2.24, 2.45) is 5.16 Å². The third kappa shape index (κ3) is 5.97. The van der Waals surface area contributed by atoms with Crippen molar-refractivity contribution in [1.29, 1.82) is 5.26 Å². The summed E-state index contributed by atoms with van der Waals surface area (Å²) in [6, 6.07) is 10.1. The van der Waals surface area contributed by atoms with E-state index in [0.29, 0.717) is 22.0 Å². The highest BCUT2D eigenvalue weighted by Gasteiger charge is 2.39. The van der Waals surface area contributed by atoms with Gasteiger partial charge in [0.1, 0.15) is 37.3 Å². The second-order valence-corrected chi connectivity index (χ2v) is 9.66. The van der Waals surface area contributed by atoms with Crippen LogP contribution in [0.25, 0.3) is 10.9 Å². The molecule has 0 bridgehead atoms. The lowest BCUT2D eigenvalue weighted by molar-refractivity contribution is -0.139. The van der Waals surface area contributed by atoms with Crippen LogP contribution < -0.4 is 5.32 Å². The fraction of sp³-hybridized carbons (Fsp3) is 0.321. The standard InChI is InChI=1S/C28H26ClF2N5O4/c1-3-40-34-23(11-32)17-7-8-20-21(16(2)37)14-35(24(20)9-17)15-26(38)36-13-19(30)10-25(36)28(39)33-12-18-5-4-6-22(29)27(18)31/h4-9,14,19,25H,3,10,12-13,15H2,1-2H3,(H,33,39)/b34-23+/t19-,25+/m1/s1. The Morgan fingerprint density at radius 2 is 2.05 bits per heavy atom. The van der Waals surface area contributed by atoms with Crippen LogP contribution in [0.1, 0.15) is 41.8 Å². The number of fused-ring (bicyclic) bond motifs is 1. The fourth-order valence-electron chi connectivity index (χ4n) is 4.65. The van der Waals surface area contributed by atoms with E-state index in [1.807, 2.05) is 6.07 Å². The third-order valence-electron chi connectivity index (χ3n) is 6.59. The van der Waals surface area contributed by atoms with Crippen LogP contribution in [0.2, 0.25) is 5.02 Å². The van der Waals surface area contributed by atoms with E-state index in [1.165, 1.54) is 29.8 Å². The number of oxime groups is 1. The van der Waals surface area contributed by atoms with Gasteiger partial charge in [-0.05, 0) is 26.0 Å². The second-order valence-electron chi connectivity index (χ2n) is 9.25. The molecule has 1 aromatic heterocycles. The highest BCUT2D eigenvalue weighted by molar-refractivity contribution is 6.30. The number of Topliss-reactive ketones (excluding diaryl/α,β-unsaturated/α-hetero) is 1. The zero-order chi connectivity index (χ0) is 29.0. The summed E-state index contributed by atoms with van der Waals surface area (Å²) in [5.41, 5.74) is 1.42. The Morgan fingerprint density at radius 3 is 2.75 bits per heavy atom. The van der Waals surface area contributed by atoms with E-state index in [0.717, 1.165) is 4.90 Å². The molecule has 0 unspecified atom stereocenters. The Bertz CT molecular complexity index is 1550. The number of carbonyl (C=O) groups is 3. The summed E-state index contributed by atoms with van der Waals surface area (Å²) in [5, 5.41) is 16.3. The molecular weight excluding hydrogens is 544 g/mol. The Balaban J connectivity index is 1.58. The highest BCUT2D eigenvalue weighted by Crippen LogP contribution is 2.26. The SMILES string of the molecule is CCO/N=C(\C#N)c1ccc2c(C(C)=O)cn(CC(=O)N3C[C@H](F)C[C@H]3C(=O)NCc3cccc(Cl)c3F)c2c1. The summed E-state index contributed by atoms with van der Waals surface area (Å²) in [7, 11) is 0. The van der Waals surface area contributed by atoms with Gasteiger partial charge in [0, 0.05) is 46.8 Å². The van der Waals surface area contributed by atoms with E-state index in [9.17, 15) is 28.4 Å². The summed E-state index contributed by atoms with van der Waals surface area (Å²) in [4.78, 5) is 44.8. The predicted molar refractivity (Wildman–Crippen MR) is 144 cm³/mol. The van der Waals surface area contributed by atoms with Crippen LogP contribution in [0.3, 0.4) is 0 Å². The molecule has 1 fully saturated rings. The number of nitriles is 1. The summed E-state index contributed by atoms with van der Waals surface area (Å²) < 4.78 is 30.2. The molecule has 1 saturated heterocycles. The lowest BCUT2D eigenvalue weighted by Gasteiger charge is -2.24. The zero-order valence-electron chi connectivity index (χ0n) is 21.8. The molecule has 2 atom stereocenters. The minimum atomic E-state index is -1.42. The number of nitrogens with zero attached hydrogens (tertiary/aromatic N) is 4. The Labute approximate surface area is 233 Å². The largest absolute Gasteiger partial charge is 0.395 e. The number of likely N-dealkylation sites (tertiary alicyclic amines) is 1. The monoisotopic (exact) mass is 569 g/mol. The fourth-order valence-corrected chi connectivity index (χ4v) is 4.84. The Kier molecular flexibility index (Phi) is 8.80. The molecule has 0 radical (unpaired) electrons. The summed E-state index contributed by atoms with van der Waals surface area (Å²) in [6.07, 6.45) is -0.110. The first-order chi connectivity index (χ1) is 19.1. The molecule has 4 rings (SSSR count). The van der Waals surface area contributed by atoms with Crippen LogP contribution in [0.4, 0.5) is 8.78 Å². The molecule has 0 saturated carbocycles. The van der Waals surface area contributed by atoms with Gasteiger partial charge < -0.3 is 19.6 Å². The minimum absolute atomic E-state index is 0.0138. The smallest absolute Gasteiger partial charge is 0.243 e. The number of rotatable bonds is 9. The van der Waals surface area contributed by atoms with Gasteiger partial charge in [-0.1, -0.05) is 41.0 Å². The Morgan fingerprint density at radius 1 is 1.27 bits per heavy atom. The number of ketones is 1. The average molecular weight is 570 g/mol. The molecule has 0 aliphatic carbocycles. The van der Waals surface area contributed by atoms with Crippen molar-refractivity contribution >= 4 is 45.8 Å². The van der Waals surface area contributed by atoms with Crippen molar-refractivity contribution in [2.75, 3.05) is 13.2 Å². The van der Waals surface area contributed by atoms with Crippen molar-refractivity contribution in [3.8, 4) is 6.07 Å². The lowest BCUT2D eigenvalue weighted by Crippen LogP contribution is -2.46. The maximum absolute atomic E-state index is 14.5. The van der Waals surface area contributed by atoms with Gasteiger partial charge in [-0.15, -0.1) is 0 Å². The van der Waals surface area contributed by atoms with Crippen molar-refractivity contribution < 1.29 is 28.0 Å². The molecule has 2 heterocycles. The number of hydrogen-bond acceptors (Lipinski definition) is 6. The number of carbonyl (C=O) groups excluding carboxylic acids is 3. The van der Waals surface area contributed by atoms with Crippen molar-refractivity contribution in [1.82, 2.24) is 14.8 Å². The Hall–Kier alpha value is -4.30. The lowest BCUT2D eigenvalue weighted by atomic mass is 10.1. The number of aromatic nitrogens is 1. The number of benzene rings is 2. The van der Waals surface area contributed by atoms with Gasteiger partial charge in [0.05, 0.1) is 11.6 Å². The molecule has 12 heteroatoms. The molecule has 2 amide bonds. The first kappa shape index (κ1) is 28.7. The number of hydrogen-bond donors (Lipinski definition) is 1. The molecule has 40 heavy (non-hydrogen) atoms. The maximum Gasteiger partial charge on any atom is 0.243 e. The molecule has 9 nitrogen and oxygen atoms in total. The molecule has 3 aromatic rings. The van der Waals surface area contributed by atoms with Gasteiger partial charge in [0.25, 0.3) is 0 Å². The quantitative estimate of drug-likeness (QED) is 0.236. The van der Waals surface area contributed by atoms with Crippen LogP contribution in [0.5, 0.6) is 0 Å². The van der Waals surface area contributed by atoms with E-state index >= 15 is 0 Å². The van der Waals surface area contributed by atoms with Gasteiger partial charge in [-0.2, -0.15) is 5.26 Å². The van der Waals surface area contributed by atoms with Gasteiger partial charge in [-0.3, -0.25) is 14.4 Å². The molecule has 1 aliphatic rings. The molecule has 1 aliphatic heterocycles. The number of amides is 2. The van der Waals surface area contributed by atoms with Gasteiger partial charge in [0.2, 0.25) is 11.8 Å². The molecule has 1 N–H and O–H groups in total. The average Bonchev–Trinajstić information content (AvgIpc) is 3.50. The van der Waals surface area contributed by atoms with Gasteiger partial charge in [0.15, 0.2) is 11.5 Å². The maximum atomic E-state index is 14.5. The predicted octanol–water partition coefficient (Wildman–Crippen LogP) is 4.16. The number of alkyl halides is 1. The molecular formula is C28H26ClF2N5O4. The van der Waals surface area contributed by atoms with Crippen LogP contribution in [0.15, 0.2) is 47.8 Å². The van der Waals surface area contributed by atoms with Crippen molar-refractivity contribution in [3.05, 3.63) is 70.1 Å². The summed E-state index contributed by atoms with van der Waals surface area (Å²) >= 11 is 5.80. The van der Waals surface area contributed by atoms with Gasteiger partial charge >= 0.3 is 0 Å². The van der Waals surface area contributed by atoms with Crippen LogP contribution in [-0.4, -0.2) is 58.1 Å². The van der Waals surface area contributed by atoms with E-state index in [4.69, 9.17) is 16.4 Å². The van der Waals surface area contributed by atoms with Gasteiger partial charge in [-0.25, -0.2) is 8.78 Å². The van der Waals surface area contributed by atoms with E-state index in [-0.39, 0.29) is 54.7 Å². The van der Waals surface area contributed by atoms with E-state index in [2.05, 4.69) is 10.5 Å². The van der Waals surface area contributed by atoms with Crippen molar-refractivity contribution in [2.45, 2.75) is 45.6 Å². The highest BCUT2D eigenvalue weighted by atomic mass is 35.5. The normalized spacial score (nSPS) is 17.1. The van der Waals surface area contributed by atoms with E-state index < -0.39 is 29.8 Å². The molecule has 0 spiro atoms. The summed E-state index contributed by atoms with van der Waals surface area (Å²) in [5.74, 6) is -2.07. The van der Waals surface area contributed by atoms with Crippen molar-refractivity contribution in [3.63, 3.8) is 0 Å². The molecule has 2 aromatic carbocycles. The molecule has 208 valence electrons. The first-order valence-electron chi connectivity index (χ1n) is 12.5. The van der Waals surface area contributed by atoms with Crippen LogP contribution >= 0.6 is 11.6 Å². The zero-order valence-corrected chi connectivity index (χ0v) is 22.5. The van der Waals surface area contributed by atoms with E-state index in [1.54, 1.807) is 31.2 Å². The van der Waals surface area contributed by atoms with Crippen LogP contribution in [-0.2, 0) is 27.5 Å². The van der Waals surface area contributed by atoms with Crippen LogP contribution in [0, 0.1) is 17.1 Å². The summed E-state index contributed by atoms with van der Waals surface area (Å²) in [6.45, 7) is 2.62. The number of halogens is 3. The topological polar surface area (TPSA) is 117 Å². The minimum Gasteiger partial charge on any atom is -0.395 e. The third-order valence-corrected chi connectivity index (χ3v) is 6.88.